The molecule has 32 heavy (non-hydrogen) atoms. The number of benzene rings is 2. The quantitative estimate of drug-likeness (QED) is 0.337. The molecule has 0 atom stereocenters. The van der Waals surface area contributed by atoms with Crippen LogP contribution in [0.5, 0.6) is 23.0 Å². The third kappa shape index (κ3) is 4.48. The maximum atomic E-state index is 6.23. The summed E-state index contributed by atoms with van der Waals surface area (Å²) in [7, 11) is 4.87. The first-order valence-electron chi connectivity index (χ1n) is 10.3. The van der Waals surface area contributed by atoms with E-state index < -0.39 is 8.07 Å². The van der Waals surface area contributed by atoms with E-state index in [9.17, 15) is 0 Å². The zero-order valence-corrected chi connectivity index (χ0v) is 21.1. The lowest BCUT2D eigenvalue weighted by Gasteiger charge is -2.14. The molecule has 3 aromatic rings. The average molecular weight is 451 g/mol. The Labute approximate surface area is 190 Å². The van der Waals surface area contributed by atoms with Crippen LogP contribution in [-0.4, -0.2) is 36.5 Å². The fourth-order valence-corrected chi connectivity index (χ4v) is 3.95. The molecule has 6 heteroatoms. The summed E-state index contributed by atoms with van der Waals surface area (Å²) in [5.41, 5.74) is 7.50. The highest BCUT2D eigenvalue weighted by Gasteiger charge is 2.20. The van der Waals surface area contributed by atoms with Gasteiger partial charge >= 0.3 is 0 Å². The van der Waals surface area contributed by atoms with Crippen LogP contribution in [0.15, 0.2) is 35.3 Å². The number of hydrogen-bond acceptors (Lipinski definition) is 5. The van der Waals surface area contributed by atoms with E-state index in [0.717, 1.165) is 27.7 Å². The summed E-state index contributed by atoms with van der Waals surface area (Å²) in [6, 6.07) is 7.65. The Morgan fingerprint density at radius 3 is 1.97 bits per heavy atom. The zero-order chi connectivity index (χ0) is 23.6. The Balaban J connectivity index is 2.15. The van der Waals surface area contributed by atoms with E-state index in [4.69, 9.17) is 23.4 Å². The third-order valence-electron chi connectivity index (χ3n) is 5.12. The smallest absolute Gasteiger partial charge is 0.203 e. The molecule has 0 radical (unpaired) electrons. The van der Waals surface area contributed by atoms with Crippen molar-refractivity contribution < 1.29 is 23.4 Å². The van der Waals surface area contributed by atoms with Crippen molar-refractivity contribution in [1.82, 2.24) is 0 Å². The number of furan rings is 1. The Bertz CT molecular complexity index is 1210. The van der Waals surface area contributed by atoms with Gasteiger partial charge in [0.1, 0.15) is 25.2 Å². The molecule has 0 amide bonds. The minimum atomic E-state index is -1.53. The Kier molecular flexibility index (Phi) is 6.61. The minimum absolute atomic E-state index is 0.531. The van der Waals surface area contributed by atoms with Gasteiger partial charge in [-0.3, -0.25) is 0 Å². The lowest BCUT2D eigenvalue weighted by atomic mass is 10.00. The van der Waals surface area contributed by atoms with Crippen molar-refractivity contribution >= 4 is 24.6 Å². The van der Waals surface area contributed by atoms with E-state index >= 15 is 0 Å². The molecule has 0 spiro atoms. The van der Waals surface area contributed by atoms with Gasteiger partial charge in [0.05, 0.1) is 34.0 Å². The van der Waals surface area contributed by atoms with Gasteiger partial charge in [-0.05, 0) is 30.7 Å². The summed E-state index contributed by atoms with van der Waals surface area (Å²) in [5, 5.41) is 0.981. The van der Waals surface area contributed by atoms with Gasteiger partial charge in [-0.25, -0.2) is 0 Å². The second kappa shape index (κ2) is 9.05. The number of methoxy groups -OCH3 is 4. The van der Waals surface area contributed by atoms with Crippen LogP contribution in [0.4, 0.5) is 0 Å². The van der Waals surface area contributed by atoms with Crippen LogP contribution >= 0.6 is 0 Å². The SMILES string of the molecule is C=C(c1cc(OC)c(OC)c(OC)c1)c1oc2cc(OC)c(C#C[Si](C)(C)C)cc2c1C. The molecule has 3 rings (SSSR count). The van der Waals surface area contributed by atoms with Gasteiger partial charge in [-0.2, -0.15) is 0 Å². The lowest BCUT2D eigenvalue weighted by Crippen LogP contribution is -2.16. The van der Waals surface area contributed by atoms with Gasteiger partial charge in [0.2, 0.25) is 5.75 Å². The topological polar surface area (TPSA) is 50.1 Å². The van der Waals surface area contributed by atoms with E-state index in [1.54, 1.807) is 28.4 Å². The standard InChI is InChI=1S/C26H30O5Si/c1-16(19-13-23(28-4)26(30-6)24(14-19)29-5)25-17(2)20-12-18(10-11-32(7,8)9)21(27-3)15-22(20)31-25/h12-15H,1H2,2-9H3. The molecule has 5 nitrogen and oxygen atoms in total. The van der Waals surface area contributed by atoms with Crippen LogP contribution in [0.25, 0.3) is 16.5 Å². The molecule has 0 aliphatic carbocycles. The van der Waals surface area contributed by atoms with Crippen molar-refractivity contribution in [3.63, 3.8) is 0 Å². The van der Waals surface area contributed by atoms with Gasteiger partial charge in [0.25, 0.3) is 0 Å². The first-order chi connectivity index (χ1) is 15.1. The van der Waals surface area contributed by atoms with E-state index in [0.29, 0.717) is 34.3 Å². The van der Waals surface area contributed by atoms with E-state index in [1.807, 2.05) is 31.2 Å². The molecule has 168 valence electrons. The van der Waals surface area contributed by atoms with Gasteiger partial charge in [0.15, 0.2) is 11.5 Å². The van der Waals surface area contributed by atoms with E-state index in [-0.39, 0.29) is 0 Å². The average Bonchev–Trinajstić information content (AvgIpc) is 3.10. The number of aryl methyl sites for hydroxylation is 1. The lowest BCUT2D eigenvalue weighted by molar-refractivity contribution is 0.324. The second-order valence-electron chi connectivity index (χ2n) is 8.50. The van der Waals surface area contributed by atoms with Crippen LogP contribution in [-0.2, 0) is 0 Å². The van der Waals surface area contributed by atoms with Crippen molar-refractivity contribution in [2.75, 3.05) is 28.4 Å². The summed E-state index contributed by atoms with van der Waals surface area (Å²) >= 11 is 0. The fraction of sp³-hybridized carbons (Fsp3) is 0.308. The van der Waals surface area contributed by atoms with E-state index in [1.165, 1.54) is 0 Å². The molecule has 0 unspecified atom stereocenters. The predicted molar refractivity (Wildman–Crippen MR) is 132 cm³/mol. The molecule has 0 bridgehead atoms. The summed E-state index contributed by atoms with van der Waals surface area (Å²) in [6.07, 6.45) is 0. The summed E-state index contributed by atoms with van der Waals surface area (Å²) in [4.78, 5) is 0. The van der Waals surface area contributed by atoms with Crippen molar-refractivity contribution in [2.24, 2.45) is 0 Å². The van der Waals surface area contributed by atoms with Crippen molar-refractivity contribution in [1.29, 1.82) is 0 Å². The van der Waals surface area contributed by atoms with Crippen molar-refractivity contribution in [3.8, 4) is 34.5 Å². The first-order valence-corrected chi connectivity index (χ1v) is 13.8. The molecular formula is C26H30O5Si. The molecule has 1 heterocycles. The van der Waals surface area contributed by atoms with Crippen LogP contribution in [0.1, 0.15) is 22.5 Å². The first kappa shape index (κ1) is 23.4. The van der Waals surface area contributed by atoms with Gasteiger partial charge in [-0.15, -0.1) is 5.54 Å². The molecule has 0 aliphatic heterocycles. The Hall–Kier alpha value is -3.30. The summed E-state index contributed by atoms with van der Waals surface area (Å²) < 4.78 is 28.2. The fourth-order valence-electron chi connectivity index (χ4n) is 3.44. The van der Waals surface area contributed by atoms with Gasteiger partial charge < -0.3 is 23.4 Å². The highest BCUT2D eigenvalue weighted by Crippen LogP contribution is 2.42. The van der Waals surface area contributed by atoms with Gasteiger partial charge in [-0.1, -0.05) is 32.1 Å². The predicted octanol–water partition coefficient (Wildman–Crippen LogP) is 6.07. The maximum Gasteiger partial charge on any atom is 0.203 e. The summed E-state index contributed by atoms with van der Waals surface area (Å²) in [6.45, 7) is 13.0. The number of hydrogen-bond donors (Lipinski definition) is 0. The largest absolute Gasteiger partial charge is 0.495 e. The molecule has 1 aromatic heterocycles. The van der Waals surface area contributed by atoms with E-state index in [2.05, 4.69) is 37.7 Å². The Morgan fingerprint density at radius 2 is 1.47 bits per heavy atom. The zero-order valence-electron chi connectivity index (χ0n) is 20.1. The second-order valence-corrected chi connectivity index (χ2v) is 13.2. The van der Waals surface area contributed by atoms with Crippen LogP contribution in [0.2, 0.25) is 19.6 Å². The van der Waals surface area contributed by atoms with Crippen molar-refractivity contribution in [2.45, 2.75) is 26.6 Å². The maximum absolute atomic E-state index is 6.23. The van der Waals surface area contributed by atoms with Crippen LogP contribution in [0, 0.1) is 18.4 Å². The van der Waals surface area contributed by atoms with Crippen LogP contribution < -0.4 is 18.9 Å². The normalized spacial score (nSPS) is 11.0. The highest BCUT2D eigenvalue weighted by atomic mass is 28.3. The van der Waals surface area contributed by atoms with Gasteiger partial charge in [0, 0.05) is 22.6 Å². The number of fused-ring (bicyclic) bond motifs is 1. The molecule has 0 aliphatic rings. The van der Waals surface area contributed by atoms with Crippen molar-refractivity contribution in [3.05, 3.63) is 53.3 Å². The molecule has 0 saturated carbocycles. The minimum Gasteiger partial charge on any atom is -0.495 e. The third-order valence-corrected chi connectivity index (χ3v) is 5.99. The number of rotatable bonds is 6. The molecule has 2 aromatic carbocycles. The monoisotopic (exact) mass is 450 g/mol. The molecular weight excluding hydrogens is 420 g/mol. The molecule has 0 N–H and O–H groups in total. The number of ether oxygens (including phenoxy) is 4. The molecule has 0 saturated heterocycles. The molecule has 0 fully saturated rings. The summed E-state index contributed by atoms with van der Waals surface area (Å²) in [5.74, 6) is 6.34. The van der Waals surface area contributed by atoms with Crippen LogP contribution in [0.3, 0.4) is 0 Å². The highest BCUT2D eigenvalue weighted by molar-refractivity contribution is 6.83. The Morgan fingerprint density at radius 1 is 0.875 bits per heavy atom.